The molecule has 1 aromatic rings. The van der Waals surface area contributed by atoms with Crippen molar-refractivity contribution in [3.8, 4) is 0 Å². The van der Waals surface area contributed by atoms with Gasteiger partial charge in [-0.3, -0.25) is 9.59 Å². The number of nitrogens with zero attached hydrogens (tertiary/aromatic N) is 1. The summed E-state index contributed by atoms with van der Waals surface area (Å²) in [6, 6.07) is 9.57. The normalized spacial score (nSPS) is 15.3. The topological polar surface area (TPSA) is 46.6 Å². The number of carbonyl (C=O) groups is 2. The summed E-state index contributed by atoms with van der Waals surface area (Å²) in [7, 11) is 0. The molecule has 0 N–H and O–H groups in total. The van der Waals surface area contributed by atoms with Crippen LogP contribution in [0.15, 0.2) is 30.3 Å². The first kappa shape index (κ1) is 16.5. The van der Waals surface area contributed by atoms with Crippen molar-refractivity contribution in [1.29, 1.82) is 0 Å². The number of ether oxygens (including phenoxy) is 1. The lowest BCUT2D eigenvalue weighted by molar-refractivity contribution is -0.143. The predicted molar refractivity (Wildman–Crippen MR) is 85.6 cm³/mol. The van der Waals surface area contributed by atoms with Crippen LogP contribution in [0.5, 0.6) is 0 Å². The fraction of sp³-hybridized carbons (Fsp3) is 0.556. The van der Waals surface area contributed by atoms with Gasteiger partial charge in [0.15, 0.2) is 0 Å². The van der Waals surface area contributed by atoms with Crippen molar-refractivity contribution in [2.75, 3.05) is 13.2 Å². The molecule has 1 aliphatic rings. The van der Waals surface area contributed by atoms with Crippen LogP contribution >= 0.6 is 0 Å². The standard InChI is InChI=1S/C18H25NO3/c1-2-22-17(20)13-14-19(16-11-7-4-8-12-16)18(21)15-9-5-3-6-10-15/h3,5-6,9-10,16H,2,4,7-8,11-14H2,1H3. The lowest BCUT2D eigenvalue weighted by Crippen LogP contribution is -2.42. The van der Waals surface area contributed by atoms with E-state index in [0.717, 1.165) is 25.7 Å². The Morgan fingerprint density at radius 3 is 2.45 bits per heavy atom. The lowest BCUT2D eigenvalue weighted by Gasteiger charge is -2.34. The Morgan fingerprint density at radius 2 is 1.82 bits per heavy atom. The fourth-order valence-electron chi connectivity index (χ4n) is 3.03. The van der Waals surface area contributed by atoms with Crippen LogP contribution in [0.4, 0.5) is 0 Å². The van der Waals surface area contributed by atoms with Gasteiger partial charge in [0.2, 0.25) is 0 Å². The second-order valence-corrected chi connectivity index (χ2v) is 5.71. The van der Waals surface area contributed by atoms with E-state index in [1.807, 2.05) is 35.2 Å². The minimum Gasteiger partial charge on any atom is -0.466 e. The van der Waals surface area contributed by atoms with E-state index in [9.17, 15) is 9.59 Å². The maximum atomic E-state index is 12.8. The molecule has 1 amide bonds. The van der Waals surface area contributed by atoms with Crippen LogP contribution in [0.1, 0.15) is 55.8 Å². The number of amides is 1. The van der Waals surface area contributed by atoms with Crippen molar-refractivity contribution in [3.63, 3.8) is 0 Å². The zero-order valence-electron chi connectivity index (χ0n) is 13.3. The second kappa shape index (κ2) is 8.57. The fourth-order valence-corrected chi connectivity index (χ4v) is 3.03. The van der Waals surface area contributed by atoms with Gasteiger partial charge in [0.25, 0.3) is 5.91 Å². The highest BCUT2D eigenvalue weighted by molar-refractivity contribution is 5.94. The quantitative estimate of drug-likeness (QED) is 0.757. The molecule has 4 heteroatoms. The van der Waals surface area contributed by atoms with Gasteiger partial charge in [0.1, 0.15) is 0 Å². The lowest BCUT2D eigenvalue weighted by atomic mass is 9.93. The second-order valence-electron chi connectivity index (χ2n) is 5.71. The molecular formula is C18H25NO3. The third-order valence-corrected chi connectivity index (χ3v) is 4.16. The number of carbonyl (C=O) groups excluding carboxylic acids is 2. The first-order chi connectivity index (χ1) is 10.7. The minimum atomic E-state index is -0.232. The molecule has 0 unspecified atom stereocenters. The van der Waals surface area contributed by atoms with Gasteiger partial charge in [0.05, 0.1) is 13.0 Å². The van der Waals surface area contributed by atoms with Crippen LogP contribution in [-0.2, 0) is 9.53 Å². The zero-order chi connectivity index (χ0) is 15.8. The molecule has 2 rings (SSSR count). The van der Waals surface area contributed by atoms with Crippen molar-refractivity contribution >= 4 is 11.9 Å². The summed E-state index contributed by atoms with van der Waals surface area (Å²) < 4.78 is 4.99. The maximum absolute atomic E-state index is 12.8. The summed E-state index contributed by atoms with van der Waals surface area (Å²) in [5.74, 6) is -0.207. The minimum absolute atomic E-state index is 0.0248. The monoisotopic (exact) mass is 303 g/mol. The van der Waals surface area contributed by atoms with E-state index < -0.39 is 0 Å². The number of rotatable bonds is 6. The number of hydrogen-bond acceptors (Lipinski definition) is 3. The summed E-state index contributed by atoms with van der Waals surface area (Å²) in [6.07, 6.45) is 5.87. The average Bonchev–Trinajstić information content (AvgIpc) is 2.57. The molecule has 0 saturated heterocycles. The summed E-state index contributed by atoms with van der Waals surface area (Å²) in [4.78, 5) is 26.3. The van der Waals surface area contributed by atoms with Gasteiger partial charge in [-0.25, -0.2) is 0 Å². The van der Waals surface area contributed by atoms with Gasteiger partial charge in [-0.1, -0.05) is 37.5 Å². The van der Waals surface area contributed by atoms with E-state index in [2.05, 4.69) is 0 Å². The molecule has 120 valence electrons. The third kappa shape index (κ3) is 4.58. The van der Waals surface area contributed by atoms with Crippen LogP contribution in [-0.4, -0.2) is 36.0 Å². The molecule has 1 aliphatic carbocycles. The first-order valence-electron chi connectivity index (χ1n) is 8.24. The van der Waals surface area contributed by atoms with E-state index in [4.69, 9.17) is 4.74 Å². The van der Waals surface area contributed by atoms with Crippen molar-refractivity contribution in [2.24, 2.45) is 0 Å². The van der Waals surface area contributed by atoms with E-state index in [1.165, 1.54) is 6.42 Å². The molecule has 0 spiro atoms. The van der Waals surface area contributed by atoms with Crippen LogP contribution < -0.4 is 0 Å². The van der Waals surface area contributed by atoms with E-state index in [0.29, 0.717) is 18.7 Å². The van der Waals surface area contributed by atoms with Crippen LogP contribution in [0.25, 0.3) is 0 Å². The Hall–Kier alpha value is -1.84. The summed E-state index contributed by atoms with van der Waals surface area (Å²) in [5, 5.41) is 0. The molecule has 0 bridgehead atoms. The van der Waals surface area contributed by atoms with Gasteiger partial charge in [-0.15, -0.1) is 0 Å². The van der Waals surface area contributed by atoms with E-state index in [1.54, 1.807) is 6.92 Å². The predicted octanol–water partition coefficient (Wildman–Crippen LogP) is 3.41. The highest BCUT2D eigenvalue weighted by Gasteiger charge is 2.26. The van der Waals surface area contributed by atoms with Crippen molar-refractivity contribution in [3.05, 3.63) is 35.9 Å². The summed E-state index contributed by atoms with van der Waals surface area (Å²) in [6.45, 7) is 2.62. The Morgan fingerprint density at radius 1 is 1.14 bits per heavy atom. The van der Waals surface area contributed by atoms with E-state index in [-0.39, 0.29) is 24.3 Å². The van der Waals surface area contributed by atoms with Crippen LogP contribution in [0.3, 0.4) is 0 Å². The zero-order valence-corrected chi connectivity index (χ0v) is 13.3. The molecule has 0 aromatic heterocycles. The number of benzene rings is 1. The molecule has 4 nitrogen and oxygen atoms in total. The van der Waals surface area contributed by atoms with Gasteiger partial charge in [-0.05, 0) is 31.9 Å². The smallest absolute Gasteiger partial charge is 0.307 e. The van der Waals surface area contributed by atoms with Crippen LogP contribution in [0.2, 0.25) is 0 Å². The van der Waals surface area contributed by atoms with Gasteiger partial charge in [0, 0.05) is 18.2 Å². The molecule has 0 heterocycles. The van der Waals surface area contributed by atoms with Crippen molar-refractivity contribution in [2.45, 2.75) is 51.5 Å². The average molecular weight is 303 g/mol. The SMILES string of the molecule is CCOC(=O)CCN(C(=O)c1ccccc1)C1CCCCC1. The van der Waals surface area contributed by atoms with Gasteiger partial charge < -0.3 is 9.64 Å². The molecule has 0 atom stereocenters. The molecule has 22 heavy (non-hydrogen) atoms. The van der Waals surface area contributed by atoms with E-state index >= 15 is 0 Å². The molecular weight excluding hydrogens is 278 g/mol. The van der Waals surface area contributed by atoms with Crippen molar-refractivity contribution < 1.29 is 14.3 Å². The van der Waals surface area contributed by atoms with Gasteiger partial charge >= 0.3 is 5.97 Å². The van der Waals surface area contributed by atoms with Gasteiger partial charge in [-0.2, -0.15) is 0 Å². The molecule has 0 aliphatic heterocycles. The number of esters is 1. The molecule has 0 radical (unpaired) electrons. The Labute approximate surface area is 132 Å². The maximum Gasteiger partial charge on any atom is 0.307 e. The third-order valence-electron chi connectivity index (χ3n) is 4.16. The molecule has 1 aromatic carbocycles. The Bertz CT molecular complexity index is 480. The first-order valence-corrected chi connectivity index (χ1v) is 8.24. The molecule has 1 saturated carbocycles. The highest BCUT2D eigenvalue weighted by atomic mass is 16.5. The van der Waals surface area contributed by atoms with Crippen LogP contribution in [0, 0.1) is 0 Å². The summed E-state index contributed by atoms with van der Waals surface area (Å²) >= 11 is 0. The Kier molecular flexibility index (Phi) is 6.44. The Balaban J connectivity index is 2.06. The highest BCUT2D eigenvalue weighted by Crippen LogP contribution is 2.24. The number of hydrogen-bond donors (Lipinski definition) is 0. The summed E-state index contributed by atoms with van der Waals surface area (Å²) in [5.41, 5.74) is 0.692. The van der Waals surface area contributed by atoms with Crippen molar-refractivity contribution in [1.82, 2.24) is 4.90 Å². The largest absolute Gasteiger partial charge is 0.466 e. The molecule has 1 fully saturated rings.